The van der Waals surface area contributed by atoms with Gasteiger partial charge in [-0.15, -0.1) is 6.42 Å². The Hall–Kier alpha value is -3.13. The molecule has 3 rings (SSSR count). The Morgan fingerprint density at radius 2 is 2.04 bits per heavy atom. The highest BCUT2D eigenvalue weighted by atomic mass is 16.5. The monoisotopic (exact) mass is 378 g/mol. The van der Waals surface area contributed by atoms with Crippen molar-refractivity contribution >= 4 is 6.03 Å². The van der Waals surface area contributed by atoms with Crippen molar-refractivity contribution in [3.63, 3.8) is 0 Å². The van der Waals surface area contributed by atoms with E-state index in [1.165, 1.54) is 5.56 Å². The number of hydrogen-bond donors (Lipinski definition) is 1. The molecule has 0 spiro atoms. The highest BCUT2D eigenvalue weighted by molar-refractivity contribution is 5.75. The SMILES string of the molecule is C#CCOc1cc(CNC(=O)N(Cc2cccc(C)c2)C2CC2)ccc1OC. The molecule has 1 aliphatic rings. The van der Waals surface area contributed by atoms with Gasteiger partial charge in [0.1, 0.15) is 6.61 Å². The number of methoxy groups -OCH3 is 1. The van der Waals surface area contributed by atoms with Crippen molar-refractivity contribution in [1.29, 1.82) is 0 Å². The Morgan fingerprint density at radius 3 is 2.71 bits per heavy atom. The largest absolute Gasteiger partial charge is 0.493 e. The topological polar surface area (TPSA) is 50.8 Å². The van der Waals surface area contributed by atoms with Crippen molar-refractivity contribution in [1.82, 2.24) is 10.2 Å². The van der Waals surface area contributed by atoms with Gasteiger partial charge in [-0.1, -0.05) is 41.8 Å². The number of carbonyl (C=O) groups excluding carboxylic acids is 1. The van der Waals surface area contributed by atoms with Crippen LogP contribution < -0.4 is 14.8 Å². The standard InChI is InChI=1S/C23H26N2O3/c1-4-12-28-22-14-18(8-11-21(22)27-3)15-24-23(26)25(20-9-10-20)16-19-7-5-6-17(2)13-19/h1,5-8,11,13-14,20H,9-10,12,15-16H2,2-3H3,(H,24,26). The van der Waals surface area contributed by atoms with Crippen molar-refractivity contribution in [2.45, 2.75) is 38.9 Å². The molecule has 0 atom stereocenters. The molecule has 1 saturated carbocycles. The number of aryl methyl sites for hydroxylation is 1. The van der Waals surface area contributed by atoms with Gasteiger partial charge >= 0.3 is 6.03 Å². The van der Waals surface area contributed by atoms with Crippen molar-refractivity contribution in [3.8, 4) is 23.8 Å². The molecule has 0 aromatic heterocycles. The second kappa shape index (κ2) is 9.18. The summed E-state index contributed by atoms with van der Waals surface area (Å²) in [6.45, 7) is 3.26. The van der Waals surface area contributed by atoms with Crippen LogP contribution in [0.15, 0.2) is 42.5 Å². The summed E-state index contributed by atoms with van der Waals surface area (Å²) >= 11 is 0. The van der Waals surface area contributed by atoms with E-state index in [0.717, 1.165) is 24.0 Å². The Kier molecular flexibility index (Phi) is 6.44. The molecule has 1 fully saturated rings. The van der Waals surface area contributed by atoms with Gasteiger partial charge < -0.3 is 19.7 Å². The van der Waals surface area contributed by atoms with Crippen LogP contribution in [0.4, 0.5) is 4.79 Å². The number of nitrogens with zero attached hydrogens (tertiary/aromatic N) is 1. The van der Waals surface area contributed by atoms with Crippen LogP contribution in [0.5, 0.6) is 11.5 Å². The lowest BCUT2D eigenvalue weighted by molar-refractivity contribution is 0.191. The number of terminal acetylenes is 1. The lowest BCUT2D eigenvalue weighted by Gasteiger charge is -2.23. The number of amides is 2. The average Bonchev–Trinajstić information content (AvgIpc) is 3.54. The molecule has 1 N–H and O–H groups in total. The fraction of sp³-hybridized carbons (Fsp3) is 0.348. The summed E-state index contributed by atoms with van der Waals surface area (Å²) < 4.78 is 10.8. The molecule has 2 aromatic carbocycles. The van der Waals surface area contributed by atoms with Crippen LogP contribution in [0.1, 0.15) is 29.5 Å². The minimum absolute atomic E-state index is 0.0501. The minimum Gasteiger partial charge on any atom is -0.493 e. The molecule has 0 bridgehead atoms. The van der Waals surface area contributed by atoms with Gasteiger partial charge in [0.2, 0.25) is 0 Å². The number of benzene rings is 2. The predicted octanol–water partition coefficient (Wildman–Crippen LogP) is 3.89. The first-order chi connectivity index (χ1) is 13.6. The van der Waals surface area contributed by atoms with Crippen LogP contribution in [0, 0.1) is 19.3 Å². The minimum atomic E-state index is -0.0501. The van der Waals surface area contributed by atoms with E-state index in [0.29, 0.717) is 30.6 Å². The first-order valence-electron chi connectivity index (χ1n) is 9.44. The maximum Gasteiger partial charge on any atom is 0.318 e. The first kappa shape index (κ1) is 19.6. The zero-order chi connectivity index (χ0) is 19.9. The lowest BCUT2D eigenvalue weighted by Crippen LogP contribution is -2.40. The van der Waals surface area contributed by atoms with Crippen LogP contribution in [0.2, 0.25) is 0 Å². The van der Waals surface area contributed by atoms with E-state index in [1.54, 1.807) is 7.11 Å². The van der Waals surface area contributed by atoms with Gasteiger partial charge in [0, 0.05) is 19.1 Å². The zero-order valence-corrected chi connectivity index (χ0v) is 16.4. The lowest BCUT2D eigenvalue weighted by atomic mass is 10.1. The third kappa shape index (κ3) is 5.20. The summed E-state index contributed by atoms with van der Waals surface area (Å²) in [6, 6.07) is 14.1. The summed E-state index contributed by atoms with van der Waals surface area (Å²) in [6.07, 6.45) is 7.39. The highest BCUT2D eigenvalue weighted by Gasteiger charge is 2.32. The van der Waals surface area contributed by atoms with Crippen LogP contribution in [-0.2, 0) is 13.1 Å². The molecule has 2 aromatic rings. The van der Waals surface area contributed by atoms with E-state index in [9.17, 15) is 4.79 Å². The van der Waals surface area contributed by atoms with Gasteiger partial charge in [0.15, 0.2) is 11.5 Å². The summed E-state index contributed by atoms with van der Waals surface area (Å²) in [7, 11) is 1.58. The smallest absolute Gasteiger partial charge is 0.318 e. The number of urea groups is 1. The van der Waals surface area contributed by atoms with Crippen molar-refractivity contribution in [2.24, 2.45) is 0 Å². The molecule has 1 aliphatic carbocycles. The Balaban J connectivity index is 1.64. The Labute approximate surface area is 166 Å². The molecular weight excluding hydrogens is 352 g/mol. The van der Waals surface area contributed by atoms with Gasteiger partial charge in [-0.2, -0.15) is 0 Å². The molecule has 0 heterocycles. The maximum atomic E-state index is 12.8. The van der Waals surface area contributed by atoms with Crippen molar-refractivity contribution in [2.75, 3.05) is 13.7 Å². The Bertz CT molecular complexity index is 868. The molecule has 0 saturated heterocycles. The van der Waals surface area contributed by atoms with Gasteiger partial charge in [-0.3, -0.25) is 0 Å². The van der Waals surface area contributed by atoms with E-state index >= 15 is 0 Å². The first-order valence-corrected chi connectivity index (χ1v) is 9.44. The van der Waals surface area contributed by atoms with E-state index in [1.807, 2.05) is 29.2 Å². The molecule has 146 valence electrons. The van der Waals surface area contributed by atoms with Gasteiger partial charge in [-0.05, 0) is 43.0 Å². The quantitative estimate of drug-likeness (QED) is 0.709. The zero-order valence-electron chi connectivity index (χ0n) is 16.4. The van der Waals surface area contributed by atoms with Crippen molar-refractivity contribution in [3.05, 3.63) is 59.2 Å². The van der Waals surface area contributed by atoms with Gasteiger partial charge in [-0.25, -0.2) is 4.79 Å². The third-order valence-corrected chi connectivity index (χ3v) is 4.67. The van der Waals surface area contributed by atoms with Crippen LogP contribution >= 0.6 is 0 Å². The number of carbonyl (C=O) groups is 1. The molecule has 0 unspecified atom stereocenters. The second-order valence-corrected chi connectivity index (χ2v) is 6.98. The molecule has 2 amide bonds. The normalized spacial score (nSPS) is 12.8. The second-order valence-electron chi connectivity index (χ2n) is 6.98. The van der Waals surface area contributed by atoms with Crippen molar-refractivity contribution < 1.29 is 14.3 Å². The average molecular weight is 378 g/mol. The van der Waals surface area contributed by atoms with E-state index in [2.05, 4.69) is 36.4 Å². The number of nitrogens with one attached hydrogen (secondary N) is 1. The number of rotatable bonds is 8. The summed E-state index contributed by atoms with van der Waals surface area (Å²) in [5, 5.41) is 3.03. The molecule has 5 nitrogen and oxygen atoms in total. The molecular formula is C23H26N2O3. The van der Waals surface area contributed by atoms with E-state index in [-0.39, 0.29) is 12.6 Å². The molecule has 0 radical (unpaired) electrons. The predicted molar refractivity (Wildman–Crippen MR) is 109 cm³/mol. The summed E-state index contributed by atoms with van der Waals surface area (Å²) in [5.41, 5.74) is 3.27. The summed E-state index contributed by atoms with van der Waals surface area (Å²) in [4.78, 5) is 14.7. The number of ether oxygens (including phenoxy) is 2. The summed E-state index contributed by atoms with van der Waals surface area (Å²) in [5.74, 6) is 3.63. The van der Waals surface area contributed by atoms with Crippen LogP contribution in [0.3, 0.4) is 0 Å². The molecule has 28 heavy (non-hydrogen) atoms. The van der Waals surface area contributed by atoms with E-state index < -0.39 is 0 Å². The molecule has 0 aliphatic heterocycles. The van der Waals surface area contributed by atoms with Crippen LogP contribution in [0.25, 0.3) is 0 Å². The third-order valence-electron chi connectivity index (χ3n) is 4.67. The fourth-order valence-electron chi connectivity index (χ4n) is 3.10. The Morgan fingerprint density at radius 1 is 1.21 bits per heavy atom. The van der Waals surface area contributed by atoms with E-state index in [4.69, 9.17) is 15.9 Å². The molecule has 5 heteroatoms. The fourth-order valence-corrected chi connectivity index (χ4v) is 3.10. The highest BCUT2D eigenvalue weighted by Crippen LogP contribution is 2.29. The van der Waals surface area contributed by atoms with Crippen LogP contribution in [-0.4, -0.2) is 30.7 Å². The maximum absolute atomic E-state index is 12.8. The number of hydrogen-bond acceptors (Lipinski definition) is 3. The van der Waals surface area contributed by atoms with Gasteiger partial charge in [0.25, 0.3) is 0 Å². The van der Waals surface area contributed by atoms with Gasteiger partial charge in [0.05, 0.1) is 7.11 Å².